The molecule has 5 heteroatoms. The van der Waals surface area contributed by atoms with E-state index in [1.165, 1.54) is 0 Å². The van der Waals surface area contributed by atoms with Gasteiger partial charge in [-0.2, -0.15) is 0 Å². The molecule has 0 aliphatic heterocycles. The fourth-order valence-electron chi connectivity index (χ4n) is 1.10. The summed E-state index contributed by atoms with van der Waals surface area (Å²) in [6.45, 7) is 0. The summed E-state index contributed by atoms with van der Waals surface area (Å²) >= 11 is 0. The molecule has 0 aliphatic rings. The fraction of sp³-hybridized carbons (Fsp3) is 0.222. The van der Waals surface area contributed by atoms with E-state index >= 15 is 0 Å². The first kappa shape index (κ1) is 10.6. The summed E-state index contributed by atoms with van der Waals surface area (Å²) in [4.78, 5) is 10.2. The van der Waals surface area contributed by atoms with Crippen LogP contribution in [0.3, 0.4) is 0 Å². The molecule has 0 spiro atoms. The van der Waals surface area contributed by atoms with Crippen molar-refractivity contribution in [2.24, 2.45) is 0 Å². The normalized spacial score (nSPS) is 12.5. The minimum Gasteiger partial charge on any atom is -0.481 e. The monoisotopic (exact) mass is 202 g/mol. The van der Waals surface area contributed by atoms with Gasteiger partial charge in [0.25, 0.3) is 0 Å². The van der Waals surface area contributed by atoms with E-state index in [9.17, 15) is 18.7 Å². The van der Waals surface area contributed by atoms with Crippen LogP contribution in [0.1, 0.15) is 18.1 Å². The van der Waals surface area contributed by atoms with E-state index in [1.54, 1.807) is 0 Å². The lowest BCUT2D eigenvalue weighted by molar-refractivity contribution is -0.139. The minimum absolute atomic E-state index is 0.602. The van der Waals surface area contributed by atoms with Gasteiger partial charge >= 0.3 is 5.97 Å². The Morgan fingerprint density at radius 2 is 1.86 bits per heavy atom. The van der Waals surface area contributed by atoms with Crippen molar-refractivity contribution in [1.29, 1.82) is 0 Å². The summed E-state index contributed by atoms with van der Waals surface area (Å²) in [7, 11) is 0. The summed E-state index contributed by atoms with van der Waals surface area (Å²) in [6.07, 6.45) is -2.38. The Labute approximate surface area is 78.6 Å². The van der Waals surface area contributed by atoms with Gasteiger partial charge in [0.1, 0.15) is 11.6 Å². The van der Waals surface area contributed by atoms with Crippen molar-refractivity contribution in [3.63, 3.8) is 0 Å². The van der Waals surface area contributed by atoms with E-state index in [4.69, 9.17) is 5.11 Å². The van der Waals surface area contributed by atoms with Gasteiger partial charge in [-0.05, 0) is 12.1 Å². The van der Waals surface area contributed by atoms with Crippen LogP contribution < -0.4 is 0 Å². The average molecular weight is 202 g/mol. The van der Waals surface area contributed by atoms with Crippen molar-refractivity contribution >= 4 is 5.97 Å². The predicted molar refractivity (Wildman–Crippen MR) is 43.6 cm³/mol. The Balaban J connectivity index is 2.99. The molecule has 2 N–H and O–H groups in total. The molecular weight excluding hydrogens is 194 g/mol. The lowest BCUT2D eigenvalue weighted by Gasteiger charge is -2.09. The molecular formula is C9H8F2O3. The number of halogens is 2. The minimum atomic E-state index is -1.66. The van der Waals surface area contributed by atoms with Crippen molar-refractivity contribution in [3.05, 3.63) is 35.4 Å². The van der Waals surface area contributed by atoms with E-state index < -0.39 is 35.7 Å². The molecule has 76 valence electrons. The van der Waals surface area contributed by atoms with Crippen LogP contribution in [0.5, 0.6) is 0 Å². The van der Waals surface area contributed by atoms with E-state index in [1.807, 2.05) is 0 Å². The van der Waals surface area contributed by atoms with Crippen LogP contribution in [0.15, 0.2) is 18.2 Å². The first-order valence-corrected chi connectivity index (χ1v) is 3.86. The van der Waals surface area contributed by atoms with Crippen LogP contribution in [0.4, 0.5) is 8.78 Å². The molecule has 1 atom stereocenters. The van der Waals surface area contributed by atoms with E-state index in [-0.39, 0.29) is 0 Å². The summed E-state index contributed by atoms with van der Waals surface area (Å²) in [5, 5.41) is 17.5. The maximum absolute atomic E-state index is 13.0. The first-order chi connectivity index (χ1) is 6.52. The molecule has 3 nitrogen and oxygen atoms in total. The highest BCUT2D eigenvalue weighted by atomic mass is 19.1. The maximum atomic E-state index is 13.0. The summed E-state index contributed by atoms with van der Waals surface area (Å²) < 4.78 is 25.9. The van der Waals surface area contributed by atoms with Gasteiger partial charge in [0.05, 0.1) is 18.1 Å². The largest absolute Gasteiger partial charge is 0.481 e. The molecule has 1 rings (SSSR count). The summed E-state index contributed by atoms with van der Waals surface area (Å²) in [5.41, 5.74) is -0.602. The van der Waals surface area contributed by atoms with Gasteiger partial charge in [0.2, 0.25) is 0 Å². The summed E-state index contributed by atoms with van der Waals surface area (Å²) in [5.74, 6) is -3.21. The molecule has 0 aliphatic carbocycles. The number of aliphatic carboxylic acids is 1. The lowest BCUT2D eigenvalue weighted by Crippen LogP contribution is -2.09. The highest BCUT2D eigenvalue weighted by Gasteiger charge is 2.19. The molecule has 0 saturated heterocycles. The zero-order chi connectivity index (χ0) is 10.7. The van der Waals surface area contributed by atoms with Crippen LogP contribution in [-0.2, 0) is 4.79 Å². The van der Waals surface area contributed by atoms with Gasteiger partial charge in [0, 0.05) is 0 Å². The second-order valence-electron chi connectivity index (χ2n) is 2.75. The number of carboxylic acid groups (broad SMARTS) is 1. The Morgan fingerprint density at radius 3 is 2.29 bits per heavy atom. The summed E-state index contributed by atoms with van der Waals surface area (Å²) in [6, 6.07) is 3.06. The molecule has 1 aromatic rings. The van der Waals surface area contributed by atoms with Crippen LogP contribution >= 0.6 is 0 Å². The third-order valence-electron chi connectivity index (χ3n) is 1.70. The van der Waals surface area contributed by atoms with Gasteiger partial charge in [-0.15, -0.1) is 0 Å². The molecule has 0 amide bonds. The molecule has 0 heterocycles. The third-order valence-corrected chi connectivity index (χ3v) is 1.70. The molecule has 1 aromatic carbocycles. The Bertz CT molecular complexity index is 332. The van der Waals surface area contributed by atoms with Crippen molar-refractivity contribution in [3.8, 4) is 0 Å². The smallest absolute Gasteiger partial charge is 0.306 e. The van der Waals surface area contributed by atoms with Crippen LogP contribution in [0.2, 0.25) is 0 Å². The first-order valence-electron chi connectivity index (χ1n) is 3.86. The molecule has 0 aromatic heterocycles. The van der Waals surface area contributed by atoms with Crippen molar-refractivity contribution in [1.82, 2.24) is 0 Å². The van der Waals surface area contributed by atoms with Gasteiger partial charge in [-0.1, -0.05) is 6.07 Å². The van der Waals surface area contributed by atoms with E-state index in [0.717, 1.165) is 18.2 Å². The number of aliphatic hydroxyl groups is 1. The molecule has 14 heavy (non-hydrogen) atoms. The van der Waals surface area contributed by atoms with Crippen LogP contribution in [0, 0.1) is 11.6 Å². The molecule has 0 fully saturated rings. The van der Waals surface area contributed by atoms with Gasteiger partial charge in [0.15, 0.2) is 0 Å². The predicted octanol–water partition coefficient (Wildman–Crippen LogP) is 1.47. The van der Waals surface area contributed by atoms with Gasteiger partial charge in [-0.3, -0.25) is 4.79 Å². The number of carboxylic acids is 1. The highest BCUT2D eigenvalue weighted by molar-refractivity contribution is 5.67. The Kier molecular flexibility index (Phi) is 3.14. The lowest BCUT2D eigenvalue weighted by atomic mass is 10.1. The Hall–Kier alpha value is -1.49. The second kappa shape index (κ2) is 4.15. The SMILES string of the molecule is O=C(O)CC(O)c1c(F)cccc1F. The van der Waals surface area contributed by atoms with Crippen LogP contribution in [0.25, 0.3) is 0 Å². The fourth-order valence-corrected chi connectivity index (χ4v) is 1.10. The number of benzene rings is 1. The van der Waals surface area contributed by atoms with E-state index in [2.05, 4.69) is 0 Å². The van der Waals surface area contributed by atoms with E-state index in [0.29, 0.717) is 0 Å². The topological polar surface area (TPSA) is 57.5 Å². The van der Waals surface area contributed by atoms with Crippen LogP contribution in [-0.4, -0.2) is 16.2 Å². The number of hydrogen-bond donors (Lipinski definition) is 2. The zero-order valence-electron chi connectivity index (χ0n) is 7.08. The maximum Gasteiger partial charge on any atom is 0.306 e. The van der Waals surface area contributed by atoms with Crippen molar-refractivity contribution < 1.29 is 23.8 Å². The Morgan fingerprint density at radius 1 is 1.36 bits per heavy atom. The number of aliphatic hydroxyl groups excluding tert-OH is 1. The molecule has 0 saturated carbocycles. The highest BCUT2D eigenvalue weighted by Crippen LogP contribution is 2.22. The quantitative estimate of drug-likeness (QED) is 0.780. The molecule has 0 bridgehead atoms. The number of rotatable bonds is 3. The number of carbonyl (C=O) groups is 1. The molecule has 1 unspecified atom stereocenters. The molecule has 0 radical (unpaired) electrons. The third kappa shape index (κ3) is 2.26. The second-order valence-corrected chi connectivity index (χ2v) is 2.75. The van der Waals surface area contributed by atoms with Crippen molar-refractivity contribution in [2.75, 3.05) is 0 Å². The average Bonchev–Trinajstić information content (AvgIpc) is 2.01. The van der Waals surface area contributed by atoms with Crippen molar-refractivity contribution in [2.45, 2.75) is 12.5 Å². The van der Waals surface area contributed by atoms with Gasteiger partial charge < -0.3 is 10.2 Å². The van der Waals surface area contributed by atoms with Gasteiger partial charge in [-0.25, -0.2) is 8.78 Å². The number of hydrogen-bond acceptors (Lipinski definition) is 2. The zero-order valence-corrected chi connectivity index (χ0v) is 7.08. The standard InChI is InChI=1S/C9H8F2O3/c10-5-2-1-3-6(11)9(5)7(12)4-8(13)14/h1-3,7,12H,4H2,(H,13,14).